The lowest BCUT2D eigenvalue weighted by Gasteiger charge is -2.24. The van der Waals surface area contributed by atoms with Gasteiger partial charge in [0, 0.05) is 6.54 Å². The van der Waals surface area contributed by atoms with E-state index in [1.54, 1.807) is 32.9 Å². The van der Waals surface area contributed by atoms with Crippen LogP contribution >= 0.6 is 12.4 Å². The number of guanidine groups is 1. The molecule has 1 aromatic carbocycles. The molecule has 0 spiro atoms. The number of nitrogens with two attached hydrogens (primary N) is 2. The van der Waals surface area contributed by atoms with Gasteiger partial charge in [0.2, 0.25) is 10.0 Å². The van der Waals surface area contributed by atoms with Crippen LogP contribution in [0.25, 0.3) is 0 Å². The Balaban J connectivity index is 0.00000676. The van der Waals surface area contributed by atoms with Gasteiger partial charge >= 0.3 is 5.97 Å². The summed E-state index contributed by atoms with van der Waals surface area (Å²) in [5.41, 5.74) is 10.7. The molecule has 0 saturated carbocycles. The first kappa shape index (κ1) is 25.2. The zero-order valence-electron chi connectivity index (χ0n) is 16.1. The number of carbonyl (C=O) groups excluding carboxylic acids is 1. The van der Waals surface area contributed by atoms with E-state index in [0.29, 0.717) is 6.42 Å². The second-order valence-electron chi connectivity index (χ2n) is 6.97. The zero-order valence-corrected chi connectivity index (χ0v) is 17.7. The number of esters is 1. The van der Waals surface area contributed by atoms with Crippen molar-refractivity contribution in [2.45, 2.75) is 57.1 Å². The number of aliphatic imine (C=N–C) groups is 1. The van der Waals surface area contributed by atoms with Crippen molar-refractivity contribution in [3.8, 4) is 0 Å². The third-order valence-electron chi connectivity index (χ3n) is 3.27. The maximum atomic E-state index is 12.6. The third kappa shape index (κ3) is 9.60. The quantitative estimate of drug-likeness (QED) is 0.252. The first-order valence-corrected chi connectivity index (χ1v) is 9.76. The molecule has 0 bridgehead atoms. The summed E-state index contributed by atoms with van der Waals surface area (Å²) in [6.45, 7) is 7.30. The second-order valence-corrected chi connectivity index (χ2v) is 8.68. The van der Waals surface area contributed by atoms with E-state index in [9.17, 15) is 13.2 Å². The molecule has 0 aromatic heterocycles. The maximum absolute atomic E-state index is 12.6. The van der Waals surface area contributed by atoms with E-state index in [-0.39, 0.29) is 36.2 Å². The van der Waals surface area contributed by atoms with Gasteiger partial charge in [-0.2, -0.15) is 4.72 Å². The molecule has 0 fully saturated rings. The molecule has 154 valence electrons. The van der Waals surface area contributed by atoms with E-state index in [4.69, 9.17) is 16.2 Å². The van der Waals surface area contributed by atoms with E-state index in [1.807, 2.05) is 6.92 Å². The van der Waals surface area contributed by atoms with Crippen LogP contribution in [0.3, 0.4) is 0 Å². The van der Waals surface area contributed by atoms with E-state index in [0.717, 1.165) is 5.56 Å². The first-order valence-electron chi connectivity index (χ1n) is 8.28. The summed E-state index contributed by atoms with van der Waals surface area (Å²) in [6.07, 6.45) is 0.620. The summed E-state index contributed by atoms with van der Waals surface area (Å²) in [7, 11) is -3.87. The van der Waals surface area contributed by atoms with Gasteiger partial charge in [0.1, 0.15) is 11.6 Å². The van der Waals surface area contributed by atoms with Crippen LogP contribution in [0, 0.1) is 6.92 Å². The van der Waals surface area contributed by atoms with Crippen molar-refractivity contribution < 1.29 is 17.9 Å². The molecule has 0 aliphatic heterocycles. The molecule has 0 heterocycles. The molecule has 0 saturated heterocycles. The Labute approximate surface area is 167 Å². The third-order valence-corrected chi connectivity index (χ3v) is 4.75. The molecule has 1 unspecified atom stereocenters. The number of nitrogens with one attached hydrogen (secondary N) is 1. The fourth-order valence-corrected chi connectivity index (χ4v) is 3.29. The van der Waals surface area contributed by atoms with Crippen LogP contribution < -0.4 is 16.2 Å². The fourth-order valence-electron chi connectivity index (χ4n) is 2.07. The van der Waals surface area contributed by atoms with Crippen LogP contribution in [0.2, 0.25) is 0 Å². The lowest BCUT2D eigenvalue weighted by molar-refractivity contribution is -0.157. The summed E-state index contributed by atoms with van der Waals surface area (Å²) in [5, 5.41) is 0. The molecule has 10 heteroatoms. The van der Waals surface area contributed by atoms with E-state index >= 15 is 0 Å². The van der Waals surface area contributed by atoms with Gasteiger partial charge < -0.3 is 16.2 Å². The van der Waals surface area contributed by atoms with Crippen molar-refractivity contribution >= 4 is 34.4 Å². The normalized spacial score (nSPS) is 12.6. The van der Waals surface area contributed by atoms with Gasteiger partial charge in [-0.3, -0.25) is 9.79 Å². The minimum atomic E-state index is -3.87. The first-order chi connectivity index (χ1) is 11.9. The molecule has 0 aliphatic carbocycles. The van der Waals surface area contributed by atoms with Gasteiger partial charge in [-0.25, -0.2) is 8.42 Å². The fraction of sp³-hybridized carbons (Fsp3) is 0.529. The van der Waals surface area contributed by atoms with E-state index in [1.165, 1.54) is 12.1 Å². The van der Waals surface area contributed by atoms with Gasteiger partial charge in [0.25, 0.3) is 0 Å². The Morgan fingerprint density at radius 3 is 2.26 bits per heavy atom. The largest absolute Gasteiger partial charge is 0.459 e. The molecule has 8 nitrogen and oxygen atoms in total. The number of ether oxygens (including phenoxy) is 1. The SMILES string of the molecule is Cc1ccc(S(=O)(=O)NC(CCCN=C(N)N)C(=O)OC(C)(C)C)cc1.Cl. The predicted octanol–water partition coefficient (Wildman–Crippen LogP) is 1.46. The lowest BCUT2D eigenvalue weighted by atomic mass is 10.1. The number of hydrogen-bond donors (Lipinski definition) is 3. The monoisotopic (exact) mass is 420 g/mol. The molecule has 0 aliphatic rings. The molecule has 0 radical (unpaired) electrons. The number of hydrogen-bond acceptors (Lipinski definition) is 5. The zero-order chi connectivity index (χ0) is 20.0. The summed E-state index contributed by atoms with van der Waals surface area (Å²) >= 11 is 0. The van der Waals surface area contributed by atoms with Crippen LogP contribution in [0.5, 0.6) is 0 Å². The van der Waals surface area contributed by atoms with Gasteiger partial charge in [0.15, 0.2) is 5.96 Å². The number of nitrogens with zero attached hydrogens (tertiary/aromatic N) is 1. The lowest BCUT2D eigenvalue weighted by Crippen LogP contribution is -2.44. The van der Waals surface area contributed by atoms with Crippen LogP contribution in [0.4, 0.5) is 0 Å². The van der Waals surface area contributed by atoms with Gasteiger partial charge in [0.05, 0.1) is 4.90 Å². The van der Waals surface area contributed by atoms with Crippen molar-refractivity contribution in [2.24, 2.45) is 16.5 Å². The highest BCUT2D eigenvalue weighted by atomic mass is 35.5. The van der Waals surface area contributed by atoms with Crippen LogP contribution in [0.15, 0.2) is 34.2 Å². The van der Waals surface area contributed by atoms with Crippen LogP contribution in [-0.4, -0.2) is 38.5 Å². The number of halogens is 1. The van der Waals surface area contributed by atoms with Crippen LogP contribution in [0.1, 0.15) is 39.2 Å². The van der Waals surface area contributed by atoms with Crippen molar-refractivity contribution in [2.75, 3.05) is 6.54 Å². The number of sulfonamides is 1. The highest BCUT2D eigenvalue weighted by Crippen LogP contribution is 2.15. The average molecular weight is 421 g/mol. The van der Waals surface area contributed by atoms with Gasteiger partial charge in [-0.05, 0) is 52.7 Å². The second kappa shape index (κ2) is 10.5. The van der Waals surface area contributed by atoms with Crippen molar-refractivity contribution in [3.63, 3.8) is 0 Å². The minimum Gasteiger partial charge on any atom is -0.459 e. The number of benzene rings is 1. The summed E-state index contributed by atoms with van der Waals surface area (Å²) in [6, 6.07) is 5.33. The van der Waals surface area contributed by atoms with Crippen molar-refractivity contribution in [1.29, 1.82) is 0 Å². The Morgan fingerprint density at radius 1 is 1.22 bits per heavy atom. The van der Waals surface area contributed by atoms with Crippen molar-refractivity contribution in [1.82, 2.24) is 4.72 Å². The van der Waals surface area contributed by atoms with E-state index < -0.39 is 27.6 Å². The number of rotatable bonds is 8. The van der Waals surface area contributed by atoms with E-state index in [2.05, 4.69) is 9.71 Å². The molecule has 1 atom stereocenters. The Kier molecular flexibility index (Phi) is 9.77. The molecular weight excluding hydrogens is 392 g/mol. The summed E-state index contributed by atoms with van der Waals surface area (Å²) in [5.74, 6) is -0.697. The molecule has 1 aromatic rings. The number of aryl methyl sites for hydroxylation is 1. The summed E-state index contributed by atoms with van der Waals surface area (Å²) in [4.78, 5) is 16.3. The molecule has 1 rings (SSSR count). The van der Waals surface area contributed by atoms with Gasteiger partial charge in [-0.1, -0.05) is 17.7 Å². The average Bonchev–Trinajstić information content (AvgIpc) is 2.48. The summed E-state index contributed by atoms with van der Waals surface area (Å²) < 4.78 is 32.9. The minimum absolute atomic E-state index is 0. The van der Waals surface area contributed by atoms with Crippen LogP contribution in [-0.2, 0) is 19.6 Å². The van der Waals surface area contributed by atoms with Gasteiger partial charge in [-0.15, -0.1) is 12.4 Å². The highest BCUT2D eigenvalue weighted by molar-refractivity contribution is 7.89. The Morgan fingerprint density at radius 2 is 1.78 bits per heavy atom. The molecule has 5 N–H and O–H groups in total. The highest BCUT2D eigenvalue weighted by Gasteiger charge is 2.29. The van der Waals surface area contributed by atoms with Crippen molar-refractivity contribution in [3.05, 3.63) is 29.8 Å². The molecule has 27 heavy (non-hydrogen) atoms. The topological polar surface area (TPSA) is 137 Å². The predicted molar refractivity (Wildman–Crippen MR) is 108 cm³/mol. The number of carbonyl (C=O) groups is 1. The smallest absolute Gasteiger partial charge is 0.324 e. The maximum Gasteiger partial charge on any atom is 0.324 e. The Bertz CT molecular complexity index is 739. The standard InChI is InChI=1S/C17H28N4O4S.ClH/c1-12-7-9-13(10-8-12)26(23,24)21-14(6-5-11-20-16(18)19)15(22)25-17(2,3)4;/h7-10,14,21H,5-6,11H2,1-4H3,(H4,18,19,20);1H. The molecular formula is C17H29ClN4O4S. The molecule has 0 amide bonds. The Hall–Kier alpha value is -1.84.